The number of methoxy groups -OCH3 is 1. The van der Waals surface area contributed by atoms with Crippen LogP contribution in [-0.4, -0.2) is 54.9 Å². The zero-order chi connectivity index (χ0) is 23.0. The molecular formula is C24H27FN6O2. The van der Waals surface area contributed by atoms with Gasteiger partial charge in [0.05, 0.1) is 37.4 Å². The molecular weight excluding hydrogens is 423 g/mol. The molecule has 2 aliphatic heterocycles. The van der Waals surface area contributed by atoms with E-state index in [4.69, 9.17) is 9.47 Å². The maximum Gasteiger partial charge on any atom is 0.227 e. The Morgan fingerprint density at radius 3 is 2.79 bits per heavy atom. The van der Waals surface area contributed by atoms with Crippen LogP contribution in [0.1, 0.15) is 19.4 Å². The molecule has 5 rings (SSSR count). The summed E-state index contributed by atoms with van der Waals surface area (Å²) in [5.74, 6) is 1.44. The molecule has 33 heavy (non-hydrogen) atoms. The highest BCUT2D eigenvalue weighted by Gasteiger charge is 2.31. The number of fused-ring (bicyclic) bond motifs is 1. The van der Waals surface area contributed by atoms with Crippen molar-refractivity contribution in [1.82, 2.24) is 15.0 Å². The molecule has 2 N–H and O–H groups in total. The molecule has 1 saturated heterocycles. The van der Waals surface area contributed by atoms with E-state index in [1.807, 2.05) is 11.0 Å². The van der Waals surface area contributed by atoms with Crippen molar-refractivity contribution in [2.24, 2.45) is 0 Å². The van der Waals surface area contributed by atoms with Crippen LogP contribution in [0.2, 0.25) is 0 Å². The second-order valence-electron chi connectivity index (χ2n) is 8.85. The lowest BCUT2D eigenvalue weighted by atomic mass is 9.87. The van der Waals surface area contributed by atoms with E-state index in [-0.39, 0.29) is 11.2 Å². The minimum atomic E-state index is -0.339. The molecule has 0 aliphatic carbocycles. The number of morpholine rings is 1. The van der Waals surface area contributed by atoms with Crippen molar-refractivity contribution in [3.8, 4) is 17.0 Å². The highest BCUT2D eigenvalue weighted by molar-refractivity contribution is 5.71. The van der Waals surface area contributed by atoms with Crippen LogP contribution in [0.4, 0.5) is 27.5 Å². The van der Waals surface area contributed by atoms with Gasteiger partial charge in [-0.1, -0.05) is 13.8 Å². The van der Waals surface area contributed by atoms with Crippen molar-refractivity contribution in [2.45, 2.75) is 19.3 Å². The molecule has 0 unspecified atom stereocenters. The zero-order valence-electron chi connectivity index (χ0n) is 19.0. The lowest BCUT2D eigenvalue weighted by Crippen LogP contribution is -2.36. The highest BCUT2D eigenvalue weighted by Crippen LogP contribution is 2.37. The SMILES string of the molecule is COc1cc(N2CCOCC2)c(F)cc1Nc1nccc(-c2cnc3c(c2)C(C)(C)CN3)n1. The molecule has 172 valence electrons. The number of benzene rings is 1. The van der Waals surface area contributed by atoms with Gasteiger partial charge >= 0.3 is 0 Å². The van der Waals surface area contributed by atoms with Crippen molar-refractivity contribution in [2.75, 3.05) is 55.5 Å². The molecule has 0 radical (unpaired) electrons. The first-order chi connectivity index (χ1) is 15.9. The molecule has 2 aliphatic rings. The smallest absolute Gasteiger partial charge is 0.227 e. The van der Waals surface area contributed by atoms with Crippen LogP contribution in [0.25, 0.3) is 11.3 Å². The molecule has 2 aromatic heterocycles. The number of hydrogen-bond donors (Lipinski definition) is 2. The number of anilines is 4. The zero-order valence-corrected chi connectivity index (χ0v) is 19.0. The van der Waals surface area contributed by atoms with Crippen molar-refractivity contribution < 1.29 is 13.9 Å². The van der Waals surface area contributed by atoms with Crippen molar-refractivity contribution in [1.29, 1.82) is 0 Å². The second-order valence-corrected chi connectivity index (χ2v) is 8.85. The van der Waals surface area contributed by atoms with Crippen LogP contribution >= 0.6 is 0 Å². The second kappa shape index (κ2) is 8.47. The fourth-order valence-electron chi connectivity index (χ4n) is 4.22. The van der Waals surface area contributed by atoms with Gasteiger partial charge in [0.1, 0.15) is 17.4 Å². The van der Waals surface area contributed by atoms with Crippen molar-refractivity contribution in [3.05, 3.63) is 48.0 Å². The standard InChI is InChI=1S/C24H27FN6O2/c1-24(2)14-28-22-16(24)10-15(13-27-22)18-4-5-26-23(29-18)30-19-11-17(25)20(12-21(19)32-3)31-6-8-33-9-7-31/h4-5,10-13H,6-9,14H2,1-3H3,(H,27,28)(H,26,29,30). The van der Waals surface area contributed by atoms with Gasteiger partial charge in [-0.15, -0.1) is 0 Å². The van der Waals surface area contributed by atoms with Crippen LogP contribution < -0.4 is 20.3 Å². The third kappa shape index (κ3) is 4.16. The molecule has 3 aromatic rings. The molecule has 9 heteroatoms. The van der Waals surface area contributed by atoms with E-state index in [1.54, 1.807) is 25.6 Å². The Labute approximate surface area is 192 Å². The number of ether oxygens (including phenoxy) is 2. The number of hydrogen-bond acceptors (Lipinski definition) is 8. The van der Waals surface area contributed by atoms with Gasteiger partial charge in [-0.25, -0.2) is 19.3 Å². The lowest BCUT2D eigenvalue weighted by molar-refractivity contribution is 0.122. The molecule has 8 nitrogen and oxygen atoms in total. The lowest BCUT2D eigenvalue weighted by Gasteiger charge is -2.29. The van der Waals surface area contributed by atoms with Crippen molar-refractivity contribution >= 4 is 23.1 Å². The Morgan fingerprint density at radius 1 is 1.18 bits per heavy atom. The Kier molecular flexibility index (Phi) is 5.49. The van der Waals surface area contributed by atoms with Crippen LogP contribution in [0.15, 0.2) is 36.7 Å². The van der Waals surface area contributed by atoms with Gasteiger partial charge in [0.25, 0.3) is 0 Å². The van der Waals surface area contributed by atoms with Crippen LogP contribution in [0, 0.1) is 5.82 Å². The maximum atomic E-state index is 15.0. The van der Waals surface area contributed by atoms with Gasteiger partial charge in [0, 0.05) is 60.7 Å². The monoisotopic (exact) mass is 450 g/mol. The summed E-state index contributed by atoms with van der Waals surface area (Å²) >= 11 is 0. The van der Waals surface area contributed by atoms with Crippen LogP contribution in [0.5, 0.6) is 5.75 Å². The van der Waals surface area contributed by atoms with Crippen molar-refractivity contribution in [3.63, 3.8) is 0 Å². The fraction of sp³-hybridized carbons (Fsp3) is 0.375. The Balaban J connectivity index is 1.43. The minimum Gasteiger partial charge on any atom is -0.494 e. The van der Waals surface area contributed by atoms with Gasteiger partial charge in [0.2, 0.25) is 5.95 Å². The summed E-state index contributed by atoms with van der Waals surface area (Å²) in [6.07, 6.45) is 3.48. The summed E-state index contributed by atoms with van der Waals surface area (Å²) < 4.78 is 25.9. The topological polar surface area (TPSA) is 84.4 Å². The minimum absolute atomic E-state index is 0.000422. The third-order valence-electron chi connectivity index (χ3n) is 6.13. The third-order valence-corrected chi connectivity index (χ3v) is 6.13. The summed E-state index contributed by atoms with van der Waals surface area (Å²) in [5.41, 5.74) is 3.75. The number of aromatic nitrogens is 3. The first kappa shape index (κ1) is 21.4. The van der Waals surface area contributed by atoms with E-state index in [1.165, 1.54) is 6.07 Å². The van der Waals surface area contributed by atoms with E-state index in [2.05, 4.69) is 45.5 Å². The van der Waals surface area contributed by atoms with Crippen LogP contribution in [0.3, 0.4) is 0 Å². The molecule has 0 spiro atoms. The first-order valence-corrected chi connectivity index (χ1v) is 11.0. The van der Waals surface area contributed by atoms with Gasteiger partial charge in [-0.3, -0.25) is 0 Å². The van der Waals surface area contributed by atoms with Gasteiger partial charge in [-0.2, -0.15) is 0 Å². The molecule has 0 amide bonds. The Hall–Kier alpha value is -3.46. The van der Waals surface area contributed by atoms with Gasteiger partial charge in [-0.05, 0) is 12.1 Å². The molecule has 1 aromatic carbocycles. The molecule has 1 fully saturated rings. The summed E-state index contributed by atoms with van der Waals surface area (Å²) in [5, 5.41) is 6.45. The predicted molar refractivity (Wildman–Crippen MR) is 126 cm³/mol. The van der Waals surface area contributed by atoms with E-state index in [0.717, 1.165) is 29.2 Å². The highest BCUT2D eigenvalue weighted by atomic mass is 19.1. The van der Waals surface area contributed by atoms with Gasteiger partial charge in [0.15, 0.2) is 0 Å². The van der Waals surface area contributed by atoms with E-state index >= 15 is 0 Å². The number of halogens is 1. The summed E-state index contributed by atoms with van der Waals surface area (Å²) in [7, 11) is 1.56. The maximum absolute atomic E-state index is 15.0. The fourth-order valence-corrected chi connectivity index (χ4v) is 4.22. The molecule has 0 bridgehead atoms. The number of pyridine rings is 1. The number of nitrogens with one attached hydrogen (secondary N) is 2. The number of rotatable bonds is 5. The van der Waals surface area contributed by atoms with E-state index in [0.29, 0.717) is 49.4 Å². The number of nitrogens with zero attached hydrogens (tertiary/aromatic N) is 4. The normalized spacial score (nSPS) is 16.8. The largest absolute Gasteiger partial charge is 0.494 e. The summed E-state index contributed by atoms with van der Waals surface area (Å²) in [6.45, 7) is 7.65. The summed E-state index contributed by atoms with van der Waals surface area (Å²) in [4.78, 5) is 15.5. The Bertz CT molecular complexity index is 1180. The molecule has 0 atom stereocenters. The quantitative estimate of drug-likeness (QED) is 0.604. The predicted octanol–water partition coefficient (Wildman–Crippen LogP) is 3.97. The Morgan fingerprint density at radius 2 is 2.00 bits per heavy atom. The van der Waals surface area contributed by atoms with Crippen LogP contribution in [-0.2, 0) is 10.2 Å². The van der Waals surface area contributed by atoms with E-state index < -0.39 is 0 Å². The molecule has 0 saturated carbocycles. The van der Waals surface area contributed by atoms with Gasteiger partial charge < -0.3 is 25.0 Å². The average molecular weight is 451 g/mol. The first-order valence-electron chi connectivity index (χ1n) is 11.0. The molecule has 4 heterocycles. The summed E-state index contributed by atoms with van der Waals surface area (Å²) in [6, 6.07) is 7.08. The van der Waals surface area contributed by atoms with E-state index in [9.17, 15) is 4.39 Å². The average Bonchev–Trinajstić information content (AvgIpc) is 3.14.